The van der Waals surface area contributed by atoms with Crippen LogP contribution < -0.4 is 11.1 Å². The highest BCUT2D eigenvalue weighted by Crippen LogP contribution is 2.18. The predicted octanol–water partition coefficient (Wildman–Crippen LogP) is 2.11. The molecule has 21 heavy (non-hydrogen) atoms. The Morgan fingerprint density at radius 3 is 2.33 bits per heavy atom. The average molecular weight is 284 g/mol. The van der Waals surface area contributed by atoms with Crippen molar-refractivity contribution in [2.24, 2.45) is 5.73 Å². The molecule has 0 spiro atoms. The molecule has 0 aromatic heterocycles. The quantitative estimate of drug-likeness (QED) is 0.842. The summed E-state index contributed by atoms with van der Waals surface area (Å²) in [6.07, 6.45) is 0. The smallest absolute Gasteiger partial charge is 0.339 e. The van der Waals surface area contributed by atoms with Crippen LogP contribution in [0.4, 0.5) is 5.69 Å². The third-order valence-electron chi connectivity index (χ3n) is 3.03. The number of nitrogens with two attached hydrogens (primary N) is 1. The minimum atomic E-state index is -0.808. The molecule has 1 amide bonds. The van der Waals surface area contributed by atoms with Crippen molar-refractivity contribution in [1.82, 2.24) is 0 Å². The molecule has 0 unspecified atom stereocenters. The molecule has 0 bridgehead atoms. The van der Waals surface area contributed by atoms with Crippen molar-refractivity contribution in [2.45, 2.75) is 6.04 Å². The van der Waals surface area contributed by atoms with Gasteiger partial charge in [-0.15, -0.1) is 0 Å². The van der Waals surface area contributed by atoms with E-state index in [4.69, 9.17) is 5.73 Å². The van der Waals surface area contributed by atoms with E-state index in [1.807, 2.05) is 18.2 Å². The minimum absolute atomic E-state index is 0.286. The van der Waals surface area contributed by atoms with Crippen LogP contribution in [0.25, 0.3) is 0 Å². The van der Waals surface area contributed by atoms with E-state index in [9.17, 15) is 9.59 Å². The zero-order chi connectivity index (χ0) is 15.2. The molecule has 0 fully saturated rings. The number of para-hydroxylation sites is 1. The maximum atomic E-state index is 12.2. The van der Waals surface area contributed by atoms with Crippen molar-refractivity contribution in [3.8, 4) is 0 Å². The fourth-order valence-electron chi connectivity index (χ4n) is 1.90. The second-order valence-electron chi connectivity index (χ2n) is 4.41. The number of anilines is 1. The first-order valence-corrected chi connectivity index (χ1v) is 6.42. The van der Waals surface area contributed by atoms with Crippen LogP contribution in [0.1, 0.15) is 22.0 Å². The third-order valence-corrected chi connectivity index (χ3v) is 3.03. The first-order valence-electron chi connectivity index (χ1n) is 6.42. The standard InChI is InChI=1S/C16H16N2O3/c1-21-16(20)12-9-5-6-10-13(12)18-15(19)14(17)11-7-3-2-4-8-11/h2-10,14H,17H2,1H3,(H,18,19)/t14-/m0/s1. The van der Waals surface area contributed by atoms with E-state index >= 15 is 0 Å². The number of carbonyl (C=O) groups excluding carboxylic acids is 2. The average Bonchev–Trinajstić information content (AvgIpc) is 2.54. The molecule has 0 aliphatic heterocycles. The van der Waals surface area contributed by atoms with Crippen LogP contribution in [-0.4, -0.2) is 19.0 Å². The molecule has 0 heterocycles. The molecule has 0 aliphatic carbocycles. The lowest BCUT2D eigenvalue weighted by atomic mass is 10.1. The molecule has 2 aromatic carbocycles. The van der Waals surface area contributed by atoms with Crippen LogP contribution in [0.5, 0.6) is 0 Å². The summed E-state index contributed by atoms with van der Waals surface area (Å²) in [4.78, 5) is 23.8. The van der Waals surface area contributed by atoms with Gasteiger partial charge in [0.15, 0.2) is 0 Å². The van der Waals surface area contributed by atoms with E-state index in [1.165, 1.54) is 7.11 Å². The molecule has 0 aliphatic rings. The lowest BCUT2D eigenvalue weighted by Crippen LogP contribution is -2.28. The first-order chi connectivity index (χ1) is 10.1. The van der Waals surface area contributed by atoms with Crippen molar-refractivity contribution in [3.63, 3.8) is 0 Å². The Bertz CT molecular complexity index is 641. The summed E-state index contributed by atoms with van der Waals surface area (Å²) < 4.78 is 4.68. The Morgan fingerprint density at radius 1 is 1.05 bits per heavy atom. The van der Waals surface area contributed by atoms with Crippen LogP contribution in [0.2, 0.25) is 0 Å². The van der Waals surface area contributed by atoms with Gasteiger partial charge in [-0.25, -0.2) is 4.79 Å². The number of esters is 1. The zero-order valence-corrected chi connectivity index (χ0v) is 11.6. The fraction of sp³-hybridized carbons (Fsp3) is 0.125. The number of amides is 1. The second-order valence-corrected chi connectivity index (χ2v) is 4.41. The number of nitrogens with one attached hydrogen (secondary N) is 1. The monoisotopic (exact) mass is 284 g/mol. The highest BCUT2D eigenvalue weighted by molar-refractivity contribution is 6.02. The van der Waals surface area contributed by atoms with Gasteiger partial charge in [-0.2, -0.15) is 0 Å². The Morgan fingerprint density at radius 2 is 1.67 bits per heavy atom. The van der Waals surface area contributed by atoms with E-state index in [0.29, 0.717) is 11.3 Å². The van der Waals surface area contributed by atoms with E-state index < -0.39 is 17.9 Å². The lowest BCUT2D eigenvalue weighted by Gasteiger charge is -2.14. The number of ether oxygens (including phenoxy) is 1. The molecule has 0 radical (unpaired) electrons. The molecule has 0 saturated heterocycles. The maximum Gasteiger partial charge on any atom is 0.339 e. The molecule has 2 aromatic rings. The van der Waals surface area contributed by atoms with Crippen molar-refractivity contribution < 1.29 is 14.3 Å². The number of carbonyl (C=O) groups is 2. The van der Waals surface area contributed by atoms with Gasteiger partial charge in [-0.3, -0.25) is 4.79 Å². The molecular formula is C16H16N2O3. The van der Waals surface area contributed by atoms with E-state index in [0.717, 1.165) is 0 Å². The summed E-state index contributed by atoms with van der Waals surface area (Å²) in [5, 5.41) is 2.66. The maximum absolute atomic E-state index is 12.2. The van der Waals surface area contributed by atoms with Crippen LogP contribution >= 0.6 is 0 Å². The SMILES string of the molecule is COC(=O)c1ccccc1NC(=O)[C@@H](N)c1ccccc1. The summed E-state index contributed by atoms with van der Waals surface area (Å²) >= 11 is 0. The number of benzene rings is 2. The van der Waals surface area contributed by atoms with Gasteiger partial charge in [-0.1, -0.05) is 42.5 Å². The van der Waals surface area contributed by atoms with Gasteiger partial charge in [-0.05, 0) is 17.7 Å². The number of methoxy groups -OCH3 is 1. The summed E-state index contributed by atoms with van der Waals surface area (Å²) in [6, 6.07) is 14.8. The molecule has 3 N–H and O–H groups in total. The molecule has 5 nitrogen and oxygen atoms in total. The lowest BCUT2D eigenvalue weighted by molar-refractivity contribution is -0.117. The van der Waals surface area contributed by atoms with Crippen molar-refractivity contribution in [3.05, 3.63) is 65.7 Å². The molecule has 5 heteroatoms. The highest BCUT2D eigenvalue weighted by atomic mass is 16.5. The Kier molecular flexibility index (Phi) is 4.68. The molecule has 108 valence electrons. The summed E-state index contributed by atoms with van der Waals surface area (Å²) in [7, 11) is 1.29. The zero-order valence-electron chi connectivity index (χ0n) is 11.6. The topological polar surface area (TPSA) is 81.4 Å². The number of hydrogen-bond donors (Lipinski definition) is 2. The summed E-state index contributed by atoms with van der Waals surface area (Å²) in [5.74, 6) is -0.906. The molecule has 2 rings (SSSR count). The second kappa shape index (κ2) is 6.67. The third kappa shape index (κ3) is 3.46. The molecule has 1 atom stereocenters. The van der Waals surface area contributed by atoms with Gasteiger partial charge in [0.2, 0.25) is 5.91 Å². The largest absolute Gasteiger partial charge is 0.465 e. The van der Waals surface area contributed by atoms with Crippen molar-refractivity contribution in [1.29, 1.82) is 0 Å². The van der Waals surface area contributed by atoms with Gasteiger partial charge in [0, 0.05) is 0 Å². The van der Waals surface area contributed by atoms with Gasteiger partial charge in [0.25, 0.3) is 0 Å². The van der Waals surface area contributed by atoms with Crippen molar-refractivity contribution in [2.75, 3.05) is 12.4 Å². The van der Waals surface area contributed by atoms with E-state index in [2.05, 4.69) is 10.1 Å². The first kappa shape index (κ1) is 14.7. The van der Waals surface area contributed by atoms with Crippen LogP contribution in [0.15, 0.2) is 54.6 Å². The van der Waals surface area contributed by atoms with Crippen LogP contribution in [-0.2, 0) is 9.53 Å². The Balaban J connectivity index is 2.19. The summed E-state index contributed by atoms with van der Waals surface area (Å²) in [5.41, 5.74) is 7.28. The highest BCUT2D eigenvalue weighted by Gasteiger charge is 2.18. The van der Waals surface area contributed by atoms with Gasteiger partial charge in [0.1, 0.15) is 6.04 Å². The van der Waals surface area contributed by atoms with E-state index in [-0.39, 0.29) is 5.56 Å². The van der Waals surface area contributed by atoms with E-state index in [1.54, 1.807) is 36.4 Å². The molecule has 0 saturated carbocycles. The van der Waals surface area contributed by atoms with Crippen LogP contribution in [0.3, 0.4) is 0 Å². The summed E-state index contributed by atoms with van der Waals surface area (Å²) in [6.45, 7) is 0. The number of hydrogen-bond acceptors (Lipinski definition) is 4. The fourth-order valence-corrected chi connectivity index (χ4v) is 1.90. The predicted molar refractivity (Wildman–Crippen MR) is 79.8 cm³/mol. The Hall–Kier alpha value is -2.66. The number of rotatable bonds is 4. The molecular weight excluding hydrogens is 268 g/mol. The normalized spacial score (nSPS) is 11.5. The van der Waals surface area contributed by atoms with Gasteiger partial charge < -0.3 is 15.8 Å². The Labute approximate surface area is 122 Å². The van der Waals surface area contributed by atoms with Crippen molar-refractivity contribution >= 4 is 17.6 Å². The van der Waals surface area contributed by atoms with Gasteiger partial charge >= 0.3 is 5.97 Å². The van der Waals surface area contributed by atoms with Crippen LogP contribution in [0, 0.1) is 0 Å². The van der Waals surface area contributed by atoms with Gasteiger partial charge in [0.05, 0.1) is 18.4 Å². The minimum Gasteiger partial charge on any atom is -0.465 e.